The monoisotopic (exact) mass is 514 g/mol. The second kappa shape index (κ2) is 10.8. The normalized spacial score (nSPS) is 20.8. The van der Waals surface area contributed by atoms with Crippen molar-refractivity contribution in [3.05, 3.63) is 83.4 Å². The molecule has 5 rings (SSSR count). The van der Waals surface area contributed by atoms with Gasteiger partial charge in [0, 0.05) is 30.4 Å². The minimum absolute atomic E-state index is 0.0903. The van der Waals surface area contributed by atoms with Gasteiger partial charge in [0.1, 0.15) is 18.1 Å². The number of aryl methyl sites for hydroxylation is 1. The number of aromatic nitrogens is 2. The third-order valence-corrected chi connectivity index (χ3v) is 7.20. The summed E-state index contributed by atoms with van der Waals surface area (Å²) in [6.07, 6.45) is 5.76. The highest BCUT2D eigenvalue weighted by Gasteiger charge is 2.31. The SMILES string of the molecule is C=CCOc1ccc(-c2nn(-c3ccccc3)cc2/C=C2\SC(N3C[C@@H](C)O[C@@H](C)C3)=NC2=O)cc1C. The topological polar surface area (TPSA) is 68.9 Å². The molecule has 3 aromatic rings. The number of carbonyl (C=O) groups excluding carboxylic acids is 1. The van der Waals surface area contributed by atoms with Crippen LogP contribution in [0.25, 0.3) is 23.0 Å². The fourth-order valence-corrected chi connectivity index (χ4v) is 5.47. The number of benzene rings is 2. The molecule has 1 aromatic heterocycles. The molecule has 2 atom stereocenters. The van der Waals surface area contributed by atoms with Crippen LogP contribution in [0, 0.1) is 6.92 Å². The van der Waals surface area contributed by atoms with Crippen LogP contribution < -0.4 is 4.74 Å². The number of hydrogen-bond donors (Lipinski definition) is 0. The Morgan fingerprint density at radius 1 is 1.16 bits per heavy atom. The lowest BCUT2D eigenvalue weighted by molar-refractivity contribution is -0.113. The average Bonchev–Trinajstić information content (AvgIpc) is 3.47. The number of ether oxygens (including phenoxy) is 2. The molecule has 0 bridgehead atoms. The fourth-order valence-electron chi connectivity index (χ4n) is 4.55. The maximum atomic E-state index is 12.9. The summed E-state index contributed by atoms with van der Waals surface area (Å²) in [5, 5.41) is 5.64. The number of nitrogens with zero attached hydrogens (tertiary/aromatic N) is 4. The van der Waals surface area contributed by atoms with Crippen molar-refractivity contribution in [3.8, 4) is 22.7 Å². The van der Waals surface area contributed by atoms with Crippen molar-refractivity contribution < 1.29 is 14.3 Å². The van der Waals surface area contributed by atoms with Gasteiger partial charge in [-0.25, -0.2) is 4.68 Å². The molecule has 0 radical (unpaired) electrons. The average molecular weight is 515 g/mol. The van der Waals surface area contributed by atoms with Crippen LogP contribution in [0.4, 0.5) is 0 Å². The first-order chi connectivity index (χ1) is 17.9. The Hall–Kier alpha value is -3.62. The highest BCUT2D eigenvalue weighted by atomic mass is 32.2. The summed E-state index contributed by atoms with van der Waals surface area (Å²) in [6, 6.07) is 15.9. The van der Waals surface area contributed by atoms with Crippen LogP contribution >= 0.6 is 11.8 Å². The summed E-state index contributed by atoms with van der Waals surface area (Å²) in [5.41, 5.74) is 4.51. The van der Waals surface area contributed by atoms with Crippen LogP contribution in [-0.2, 0) is 9.53 Å². The summed E-state index contributed by atoms with van der Waals surface area (Å²) < 4.78 is 13.4. The van der Waals surface area contributed by atoms with Gasteiger partial charge in [0.25, 0.3) is 5.91 Å². The lowest BCUT2D eigenvalue weighted by atomic mass is 10.0. The summed E-state index contributed by atoms with van der Waals surface area (Å²) >= 11 is 1.41. The molecule has 0 saturated carbocycles. The molecule has 0 unspecified atom stereocenters. The number of amides is 1. The standard InChI is InChI=1S/C29H30N4O3S/c1-5-13-35-25-12-11-22(14-19(25)2)27-23(18-33(31-27)24-9-7-6-8-10-24)15-26-28(34)30-29(37-26)32-16-20(3)36-21(4)17-32/h5-12,14-15,18,20-21H,1,13,16-17H2,2-4H3/b26-15-/t20-,21+. The van der Waals surface area contributed by atoms with Crippen LogP contribution in [0.3, 0.4) is 0 Å². The highest BCUT2D eigenvalue weighted by Crippen LogP contribution is 2.35. The summed E-state index contributed by atoms with van der Waals surface area (Å²) in [4.78, 5) is 20.0. The van der Waals surface area contributed by atoms with Gasteiger partial charge < -0.3 is 14.4 Å². The first-order valence-corrected chi connectivity index (χ1v) is 13.2. The Labute approximate surface area is 221 Å². The zero-order valence-corrected chi connectivity index (χ0v) is 22.1. The Kier molecular flexibility index (Phi) is 7.30. The zero-order chi connectivity index (χ0) is 25.9. The molecule has 8 heteroatoms. The van der Waals surface area contributed by atoms with Gasteiger partial charge in [-0.05, 0) is 74.5 Å². The van der Waals surface area contributed by atoms with Crippen molar-refractivity contribution in [1.82, 2.24) is 14.7 Å². The predicted molar refractivity (Wildman–Crippen MR) is 149 cm³/mol. The van der Waals surface area contributed by atoms with Crippen LogP contribution in [0.1, 0.15) is 25.0 Å². The summed E-state index contributed by atoms with van der Waals surface area (Å²) in [6.45, 7) is 11.7. The Bertz CT molecular complexity index is 1370. The molecule has 3 heterocycles. The number of para-hydroxylation sites is 1. The summed E-state index contributed by atoms with van der Waals surface area (Å²) in [5.74, 6) is 0.578. The largest absolute Gasteiger partial charge is 0.489 e. The van der Waals surface area contributed by atoms with E-state index in [1.807, 2.05) is 80.2 Å². The minimum atomic E-state index is -0.227. The second-order valence-corrected chi connectivity index (χ2v) is 10.3. The van der Waals surface area contributed by atoms with Gasteiger partial charge in [-0.2, -0.15) is 10.1 Å². The molecule has 0 spiro atoms. The molecule has 2 aliphatic heterocycles. The van der Waals surface area contributed by atoms with Gasteiger partial charge in [-0.15, -0.1) is 0 Å². The van der Waals surface area contributed by atoms with Gasteiger partial charge >= 0.3 is 0 Å². The molecule has 1 fully saturated rings. The molecule has 0 aliphatic carbocycles. The number of carbonyl (C=O) groups is 1. The van der Waals surface area contributed by atoms with Crippen molar-refractivity contribution in [3.63, 3.8) is 0 Å². The van der Waals surface area contributed by atoms with Crippen molar-refractivity contribution in [2.45, 2.75) is 33.0 Å². The number of aliphatic imine (C=N–C) groups is 1. The third kappa shape index (κ3) is 5.55. The molecule has 190 valence electrons. The Morgan fingerprint density at radius 3 is 2.62 bits per heavy atom. The van der Waals surface area contributed by atoms with Gasteiger partial charge in [-0.1, -0.05) is 30.9 Å². The highest BCUT2D eigenvalue weighted by molar-refractivity contribution is 8.18. The van der Waals surface area contributed by atoms with Crippen molar-refractivity contribution in [1.29, 1.82) is 0 Å². The quantitative estimate of drug-likeness (QED) is 0.320. The van der Waals surface area contributed by atoms with E-state index in [9.17, 15) is 4.79 Å². The van der Waals surface area contributed by atoms with Crippen LogP contribution in [-0.4, -0.2) is 57.7 Å². The van der Waals surface area contributed by atoms with Gasteiger partial charge in [-0.3, -0.25) is 4.79 Å². The van der Waals surface area contributed by atoms with E-state index in [0.717, 1.165) is 39.0 Å². The number of rotatable bonds is 6. The van der Waals surface area contributed by atoms with Gasteiger partial charge in [0.05, 0.1) is 22.8 Å². The fraction of sp³-hybridized carbons (Fsp3) is 0.276. The van der Waals surface area contributed by atoms with E-state index in [2.05, 4.69) is 22.5 Å². The van der Waals surface area contributed by atoms with Crippen molar-refractivity contribution in [2.24, 2.45) is 4.99 Å². The summed E-state index contributed by atoms with van der Waals surface area (Å²) in [7, 11) is 0. The van der Waals surface area contributed by atoms with Crippen molar-refractivity contribution >= 4 is 28.9 Å². The smallest absolute Gasteiger partial charge is 0.286 e. The number of hydrogen-bond acceptors (Lipinski definition) is 6. The molecule has 2 aliphatic rings. The second-order valence-electron chi connectivity index (χ2n) is 9.27. The maximum absolute atomic E-state index is 12.9. The molecule has 7 nitrogen and oxygen atoms in total. The zero-order valence-electron chi connectivity index (χ0n) is 21.3. The van der Waals surface area contributed by atoms with Crippen LogP contribution in [0.2, 0.25) is 0 Å². The Balaban J connectivity index is 1.49. The van der Waals surface area contributed by atoms with Crippen LogP contribution in [0.5, 0.6) is 5.75 Å². The first-order valence-electron chi connectivity index (χ1n) is 12.3. The van der Waals surface area contributed by atoms with E-state index in [0.29, 0.717) is 24.6 Å². The molecule has 0 N–H and O–H groups in total. The van der Waals surface area contributed by atoms with E-state index in [-0.39, 0.29) is 18.1 Å². The van der Waals surface area contributed by atoms with E-state index >= 15 is 0 Å². The lowest BCUT2D eigenvalue weighted by Gasteiger charge is -2.35. The first kappa shape index (κ1) is 25.0. The Morgan fingerprint density at radius 2 is 1.92 bits per heavy atom. The van der Waals surface area contributed by atoms with Crippen molar-refractivity contribution in [2.75, 3.05) is 19.7 Å². The predicted octanol–water partition coefficient (Wildman–Crippen LogP) is 5.49. The molecule has 2 aromatic carbocycles. The maximum Gasteiger partial charge on any atom is 0.286 e. The molecular weight excluding hydrogens is 484 g/mol. The van der Waals surface area contributed by atoms with E-state index < -0.39 is 0 Å². The third-order valence-electron chi connectivity index (χ3n) is 6.15. The number of amidine groups is 1. The van der Waals surface area contributed by atoms with E-state index in [1.54, 1.807) is 6.08 Å². The number of thioether (sulfide) groups is 1. The molecule has 1 saturated heterocycles. The molecule has 37 heavy (non-hydrogen) atoms. The van der Waals surface area contributed by atoms with Gasteiger partial charge in [0.2, 0.25) is 0 Å². The lowest BCUT2D eigenvalue weighted by Crippen LogP contribution is -2.47. The number of morpholine rings is 1. The van der Waals surface area contributed by atoms with E-state index in [1.165, 1.54) is 11.8 Å². The molecule has 1 amide bonds. The van der Waals surface area contributed by atoms with Crippen LogP contribution in [0.15, 0.2) is 77.3 Å². The van der Waals surface area contributed by atoms with E-state index in [4.69, 9.17) is 14.6 Å². The minimum Gasteiger partial charge on any atom is -0.489 e. The van der Waals surface area contributed by atoms with Gasteiger partial charge in [0.15, 0.2) is 5.17 Å². The molecular formula is C29H30N4O3S.